The molecule has 1 amide bonds. The number of likely N-dealkylation sites (N-methyl/N-ethyl adjacent to an activating group) is 1. The fourth-order valence-corrected chi connectivity index (χ4v) is 2.05. The molecule has 4 nitrogen and oxygen atoms in total. The van der Waals surface area contributed by atoms with Gasteiger partial charge in [-0.2, -0.15) is 0 Å². The van der Waals surface area contributed by atoms with Crippen LogP contribution in [-0.2, 0) is 4.79 Å². The van der Waals surface area contributed by atoms with E-state index in [0.29, 0.717) is 19.5 Å². The van der Waals surface area contributed by atoms with E-state index in [-0.39, 0.29) is 23.5 Å². The van der Waals surface area contributed by atoms with Crippen molar-refractivity contribution in [1.82, 2.24) is 10.2 Å². The Bertz CT molecular complexity index is 235. The number of aliphatic hydroxyl groups is 1. The zero-order valence-electron chi connectivity index (χ0n) is 10.1. The maximum absolute atomic E-state index is 12.1. The summed E-state index contributed by atoms with van der Waals surface area (Å²) < 4.78 is 0. The number of amides is 1. The number of β-amino-alcohol motifs (C(OH)–C–C–N with tert-alkyl or cyclic N) is 1. The lowest BCUT2D eigenvalue weighted by Gasteiger charge is -2.32. The third-order valence-corrected chi connectivity index (χ3v) is 2.88. The van der Waals surface area contributed by atoms with E-state index in [1.807, 2.05) is 20.8 Å². The molecule has 0 radical (unpaired) electrons. The third-order valence-electron chi connectivity index (χ3n) is 2.88. The average molecular weight is 214 g/mol. The SMILES string of the molecule is CN[C@H](C(=O)N1CC[C@@H](O)C1)C(C)(C)C. The molecule has 0 aromatic rings. The van der Waals surface area contributed by atoms with E-state index in [0.717, 1.165) is 0 Å². The minimum absolute atomic E-state index is 0.0978. The minimum atomic E-state index is -0.341. The summed E-state index contributed by atoms with van der Waals surface area (Å²) in [5.41, 5.74) is -0.0978. The molecule has 88 valence electrons. The maximum atomic E-state index is 12.1. The number of likely N-dealkylation sites (tertiary alicyclic amines) is 1. The molecule has 1 rings (SSSR count). The van der Waals surface area contributed by atoms with Crippen molar-refractivity contribution < 1.29 is 9.90 Å². The Hall–Kier alpha value is -0.610. The van der Waals surface area contributed by atoms with E-state index >= 15 is 0 Å². The largest absolute Gasteiger partial charge is 0.391 e. The monoisotopic (exact) mass is 214 g/mol. The lowest BCUT2D eigenvalue weighted by atomic mass is 9.86. The molecule has 1 aliphatic rings. The molecule has 0 bridgehead atoms. The highest BCUT2D eigenvalue weighted by Crippen LogP contribution is 2.22. The normalized spacial score (nSPS) is 24.3. The van der Waals surface area contributed by atoms with Crippen LogP contribution in [0.5, 0.6) is 0 Å². The summed E-state index contributed by atoms with van der Waals surface area (Å²) in [6.07, 6.45) is 0.359. The molecule has 4 heteroatoms. The van der Waals surface area contributed by atoms with Crippen LogP contribution in [0.15, 0.2) is 0 Å². The number of rotatable bonds is 2. The van der Waals surface area contributed by atoms with Crippen molar-refractivity contribution in [3.05, 3.63) is 0 Å². The predicted octanol–water partition coefficient (Wildman–Crippen LogP) is 0.214. The molecule has 1 heterocycles. The number of carbonyl (C=O) groups is 1. The van der Waals surface area contributed by atoms with Gasteiger partial charge in [-0.3, -0.25) is 4.79 Å². The van der Waals surface area contributed by atoms with Crippen LogP contribution >= 0.6 is 0 Å². The van der Waals surface area contributed by atoms with E-state index in [9.17, 15) is 9.90 Å². The molecule has 0 unspecified atom stereocenters. The van der Waals surface area contributed by atoms with Crippen molar-refractivity contribution in [3.63, 3.8) is 0 Å². The second-order valence-corrected chi connectivity index (χ2v) is 5.31. The molecule has 0 saturated carbocycles. The Morgan fingerprint density at radius 1 is 1.53 bits per heavy atom. The number of nitrogens with one attached hydrogen (secondary N) is 1. The smallest absolute Gasteiger partial charge is 0.240 e. The van der Waals surface area contributed by atoms with Gasteiger partial charge >= 0.3 is 0 Å². The lowest BCUT2D eigenvalue weighted by molar-refractivity contribution is -0.135. The highest BCUT2D eigenvalue weighted by Gasteiger charge is 2.35. The van der Waals surface area contributed by atoms with Gasteiger partial charge in [-0.25, -0.2) is 0 Å². The molecule has 0 spiro atoms. The highest BCUT2D eigenvalue weighted by atomic mass is 16.3. The van der Waals surface area contributed by atoms with Crippen LogP contribution in [0.3, 0.4) is 0 Å². The first kappa shape index (κ1) is 12.5. The van der Waals surface area contributed by atoms with Gasteiger partial charge in [-0.15, -0.1) is 0 Å². The summed E-state index contributed by atoms with van der Waals surface area (Å²) in [5, 5.41) is 12.5. The second kappa shape index (κ2) is 4.49. The first-order valence-corrected chi connectivity index (χ1v) is 5.50. The van der Waals surface area contributed by atoms with Crippen molar-refractivity contribution in [2.45, 2.75) is 39.3 Å². The third kappa shape index (κ3) is 2.92. The van der Waals surface area contributed by atoms with Crippen LogP contribution in [0, 0.1) is 5.41 Å². The Morgan fingerprint density at radius 3 is 2.47 bits per heavy atom. The van der Waals surface area contributed by atoms with Crippen molar-refractivity contribution in [2.75, 3.05) is 20.1 Å². The fraction of sp³-hybridized carbons (Fsp3) is 0.909. The molecule has 1 aliphatic heterocycles. The lowest BCUT2D eigenvalue weighted by Crippen LogP contribution is -2.51. The average Bonchev–Trinajstić information content (AvgIpc) is 2.50. The van der Waals surface area contributed by atoms with Crippen molar-refractivity contribution in [1.29, 1.82) is 0 Å². The zero-order valence-corrected chi connectivity index (χ0v) is 10.1. The van der Waals surface area contributed by atoms with Gasteiger partial charge < -0.3 is 15.3 Å². The Kier molecular flexibility index (Phi) is 3.73. The zero-order chi connectivity index (χ0) is 11.6. The molecule has 2 N–H and O–H groups in total. The number of hydrogen-bond acceptors (Lipinski definition) is 3. The summed E-state index contributed by atoms with van der Waals surface area (Å²) in [7, 11) is 1.81. The summed E-state index contributed by atoms with van der Waals surface area (Å²) in [6, 6.07) is -0.178. The van der Waals surface area contributed by atoms with Crippen LogP contribution in [0.1, 0.15) is 27.2 Å². The number of nitrogens with zero attached hydrogens (tertiary/aromatic N) is 1. The molecular formula is C11H22N2O2. The van der Waals surface area contributed by atoms with E-state index in [2.05, 4.69) is 5.32 Å². The molecular weight excluding hydrogens is 192 g/mol. The Balaban J connectivity index is 2.66. The standard InChI is InChI=1S/C11H22N2O2/c1-11(2,3)9(12-4)10(15)13-6-5-8(14)7-13/h8-9,12,14H,5-7H2,1-4H3/t8-,9-/m1/s1. The summed E-state index contributed by atoms with van der Waals surface area (Å²) in [6.45, 7) is 7.27. The molecule has 1 fully saturated rings. The van der Waals surface area contributed by atoms with E-state index < -0.39 is 0 Å². The van der Waals surface area contributed by atoms with Crippen molar-refractivity contribution >= 4 is 5.91 Å². The van der Waals surface area contributed by atoms with Crippen molar-refractivity contribution in [2.24, 2.45) is 5.41 Å². The second-order valence-electron chi connectivity index (χ2n) is 5.31. The molecule has 2 atom stereocenters. The van der Waals surface area contributed by atoms with Gasteiger partial charge in [-0.1, -0.05) is 20.8 Å². The van der Waals surface area contributed by atoms with Gasteiger partial charge in [0.25, 0.3) is 0 Å². The number of aliphatic hydroxyl groups excluding tert-OH is 1. The van der Waals surface area contributed by atoms with E-state index in [1.165, 1.54) is 0 Å². The molecule has 1 saturated heterocycles. The topological polar surface area (TPSA) is 52.6 Å². The fourth-order valence-electron chi connectivity index (χ4n) is 2.05. The van der Waals surface area contributed by atoms with Gasteiger partial charge in [0.1, 0.15) is 0 Å². The van der Waals surface area contributed by atoms with Crippen molar-refractivity contribution in [3.8, 4) is 0 Å². The predicted molar refractivity (Wildman–Crippen MR) is 59.5 cm³/mol. The van der Waals surface area contributed by atoms with Crippen LogP contribution in [0.25, 0.3) is 0 Å². The van der Waals surface area contributed by atoms with E-state index in [1.54, 1.807) is 11.9 Å². The summed E-state index contributed by atoms with van der Waals surface area (Å²) >= 11 is 0. The maximum Gasteiger partial charge on any atom is 0.240 e. The van der Waals surface area contributed by atoms with Gasteiger partial charge in [0.05, 0.1) is 12.1 Å². The van der Waals surface area contributed by atoms with Gasteiger partial charge in [-0.05, 0) is 18.9 Å². The van der Waals surface area contributed by atoms with Gasteiger partial charge in [0, 0.05) is 13.1 Å². The van der Waals surface area contributed by atoms with Crippen LogP contribution in [0.4, 0.5) is 0 Å². The minimum Gasteiger partial charge on any atom is -0.391 e. The molecule has 0 aromatic heterocycles. The number of hydrogen-bond donors (Lipinski definition) is 2. The van der Waals surface area contributed by atoms with Crippen LogP contribution < -0.4 is 5.32 Å². The molecule has 0 aliphatic carbocycles. The first-order valence-electron chi connectivity index (χ1n) is 5.50. The van der Waals surface area contributed by atoms with Gasteiger partial charge in [0.2, 0.25) is 5.91 Å². The van der Waals surface area contributed by atoms with E-state index in [4.69, 9.17) is 0 Å². The highest BCUT2D eigenvalue weighted by molar-refractivity contribution is 5.83. The Morgan fingerprint density at radius 2 is 2.13 bits per heavy atom. The Labute approximate surface area is 91.6 Å². The first-order chi connectivity index (χ1) is 6.86. The van der Waals surface area contributed by atoms with Crippen LogP contribution in [0.2, 0.25) is 0 Å². The summed E-state index contributed by atoms with van der Waals surface area (Å²) in [4.78, 5) is 13.9. The number of carbonyl (C=O) groups excluding carboxylic acids is 1. The summed E-state index contributed by atoms with van der Waals surface area (Å²) in [5.74, 6) is 0.0987. The van der Waals surface area contributed by atoms with Crippen LogP contribution in [-0.4, -0.2) is 48.2 Å². The molecule has 0 aromatic carbocycles. The molecule has 15 heavy (non-hydrogen) atoms. The van der Waals surface area contributed by atoms with Gasteiger partial charge in [0.15, 0.2) is 0 Å². The quantitative estimate of drug-likeness (QED) is 0.691.